The van der Waals surface area contributed by atoms with Gasteiger partial charge in [-0.25, -0.2) is 0 Å². The fraction of sp³-hybridized carbons (Fsp3) is 0.0625. The van der Waals surface area contributed by atoms with E-state index in [2.05, 4.69) is 10.2 Å². The predicted molar refractivity (Wildman–Crippen MR) is 89.9 cm³/mol. The van der Waals surface area contributed by atoms with Crippen LogP contribution in [0.25, 0.3) is 22.1 Å². The third kappa shape index (κ3) is 4.02. The van der Waals surface area contributed by atoms with Crippen LogP contribution in [0.5, 0.6) is 11.7 Å². The van der Waals surface area contributed by atoms with Crippen molar-refractivity contribution in [3.05, 3.63) is 52.7 Å². The molecule has 0 aliphatic rings. The van der Waals surface area contributed by atoms with Gasteiger partial charge in [0.05, 0.1) is 12.8 Å². The van der Waals surface area contributed by atoms with E-state index in [0.29, 0.717) is 5.75 Å². The van der Waals surface area contributed by atoms with Crippen LogP contribution in [0, 0.1) is 6.07 Å². The molecule has 1 aromatic heterocycles. The fourth-order valence-corrected chi connectivity index (χ4v) is 2.67. The quantitative estimate of drug-likeness (QED) is 0.254. The van der Waals surface area contributed by atoms with Crippen molar-refractivity contribution in [1.82, 2.24) is 0 Å². The molecule has 0 fully saturated rings. The third-order valence-electron chi connectivity index (χ3n) is 3.40. The maximum atomic E-state index is 12.8. The molecule has 0 aliphatic carbocycles. The number of nitrogens with two attached hydrogens (primary N) is 1. The number of rotatable bonds is 4. The van der Waals surface area contributed by atoms with Gasteiger partial charge in [-0.15, -0.1) is 6.07 Å². The minimum atomic E-state index is -4.91. The molecule has 2 aromatic carbocycles. The fourth-order valence-electron chi connectivity index (χ4n) is 2.36. The van der Waals surface area contributed by atoms with Gasteiger partial charge in [0.1, 0.15) is 11.3 Å². The Balaban J connectivity index is 0.00000243. The van der Waals surface area contributed by atoms with Gasteiger partial charge in [-0.1, -0.05) is 6.07 Å². The summed E-state index contributed by atoms with van der Waals surface area (Å²) in [7, 11) is -3.49. The Hall–Kier alpha value is -2.04. The standard InChI is InChI=1S/C16H12NO7S.Na/c1-22-13-7-6-9(8-11(13)17)14-15(18)10-4-2-3-5-12(10)23-16(14)24-25(19,20)21;/h2,4-8H,17H2,1H3,(H,19,20,21);/q-1;+1. The van der Waals surface area contributed by atoms with Crippen LogP contribution in [0.15, 0.2) is 45.6 Å². The van der Waals surface area contributed by atoms with E-state index < -0.39 is 21.8 Å². The molecule has 3 rings (SSSR count). The van der Waals surface area contributed by atoms with Crippen molar-refractivity contribution in [1.29, 1.82) is 0 Å². The summed E-state index contributed by atoms with van der Waals surface area (Å²) in [6, 6.07) is 11.4. The first-order valence-corrected chi connectivity index (χ1v) is 8.24. The van der Waals surface area contributed by atoms with Crippen LogP contribution in [-0.2, 0) is 10.4 Å². The van der Waals surface area contributed by atoms with E-state index >= 15 is 0 Å². The van der Waals surface area contributed by atoms with Gasteiger partial charge in [-0.2, -0.15) is 26.6 Å². The molecule has 10 heteroatoms. The summed E-state index contributed by atoms with van der Waals surface area (Å²) in [6.07, 6.45) is 0. The van der Waals surface area contributed by atoms with Crippen LogP contribution in [0.4, 0.5) is 5.69 Å². The molecule has 3 N–H and O–H groups in total. The number of hydrogen-bond donors (Lipinski definition) is 2. The second-order valence-electron chi connectivity index (χ2n) is 4.98. The van der Waals surface area contributed by atoms with Crippen LogP contribution in [0.3, 0.4) is 0 Å². The van der Waals surface area contributed by atoms with E-state index in [4.69, 9.17) is 19.4 Å². The zero-order chi connectivity index (χ0) is 18.2. The van der Waals surface area contributed by atoms with E-state index in [9.17, 15) is 13.2 Å². The SMILES string of the molecule is COc1ccc(-c2c(OS(=O)(=O)O)oc3c[c-]ccc3c2=O)cc1N.[Na+]. The molecule has 0 spiro atoms. The average molecular weight is 385 g/mol. The summed E-state index contributed by atoms with van der Waals surface area (Å²) in [4.78, 5) is 12.8. The molecule has 0 saturated carbocycles. The zero-order valence-electron chi connectivity index (χ0n) is 13.8. The van der Waals surface area contributed by atoms with Gasteiger partial charge in [0.15, 0.2) is 5.43 Å². The summed E-state index contributed by atoms with van der Waals surface area (Å²) in [5, 5.41) is 0.186. The van der Waals surface area contributed by atoms with Gasteiger partial charge < -0.3 is 19.1 Å². The summed E-state index contributed by atoms with van der Waals surface area (Å²) in [6.45, 7) is 0. The van der Waals surface area contributed by atoms with Crippen LogP contribution >= 0.6 is 0 Å². The van der Waals surface area contributed by atoms with Gasteiger partial charge in [0.2, 0.25) is 0 Å². The Morgan fingerprint density at radius 2 is 2.00 bits per heavy atom. The smallest absolute Gasteiger partial charge is 0.495 e. The Bertz CT molecular complexity index is 1130. The predicted octanol–water partition coefficient (Wildman–Crippen LogP) is -0.963. The van der Waals surface area contributed by atoms with E-state index in [1.165, 1.54) is 43.5 Å². The minimum Gasteiger partial charge on any atom is -0.495 e. The van der Waals surface area contributed by atoms with Gasteiger partial charge in [-0.05, 0) is 23.1 Å². The molecular weight excluding hydrogens is 373 g/mol. The maximum absolute atomic E-state index is 12.8. The second kappa shape index (κ2) is 7.68. The van der Waals surface area contributed by atoms with Crippen molar-refractivity contribution in [2.45, 2.75) is 0 Å². The Labute approximate surface area is 170 Å². The Morgan fingerprint density at radius 3 is 2.62 bits per heavy atom. The largest absolute Gasteiger partial charge is 1.00 e. The summed E-state index contributed by atoms with van der Waals surface area (Å²) in [5.41, 5.74) is 5.59. The van der Waals surface area contributed by atoms with Crippen LogP contribution in [0.2, 0.25) is 0 Å². The molecule has 3 aromatic rings. The van der Waals surface area contributed by atoms with Gasteiger partial charge in [0, 0.05) is 5.58 Å². The van der Waals surface area contributed by atoms with Crippen molar-refractivity contribution in [3.63, 3.8) is 0 Å². The number of benzene rings is 2. The molecule has 0 bridgehead atoms. The first-order chi connectivity index (χ1) is 11.8. The number of hydrogen-bond acceptors (Lipinski definition) is 7. The number of fused-ring (bicyclic) bond motifs is 1. The average Bonchev–Trinajstić information content (AvgIpc) is 2.53. The Morgan fingerprint density at radius 1 is 1.27 bits per heavy atom. The molecule has 0 atom stereocenters. The summed E-state index contributed by atoms with van der Waals surface area (Å²) in [5.74, 6) is -0.301. The number of ether oxygens (including phenoxy) is 1. The number of methoxy groups -OCH3 is 1. The van der Waals surface area contributed by atoms with Crippen molar-refractivity contribution >= 4 is 27.1 Å². The molecule has 0 unspecified atom stereocenters. The van der Waals surface area contributed by atoms with E-state index in [1.54, 1.807) is 0 Å². The van der Waals surface area contributed by atoms with Crippen LogP contribution in [0.1, 0.15) is 0 Å². The molecule has 1 heterocycles. The normalized spacial score (nSPS) is 11.0. The summed E-state index contributed by atoms with van der Waals surface area (Å²) >= 11 is 0. The Kier molecular flexibility index (Phi) is 5.99. The van der Waals surface area contributed by atoms with Crippen molar-refractivity contribution in [2.24, 2.45) is 0 Å². The molecular formula is C16H12NNaO7S. The van der Waals surface area contributed by atoms with Gasteiger partial charge in [0.25, 0.3) is 0 Å². The minimum absolute atomic E-state index is 0. The first-order valence-electron chi connectivity index (χ1n) is 6.88. The second-order valence-corrected chi connectivity index (χ2v) is 6.01. The molecule has 0 saturated heterocycles. The van der Waals surface area contributed by atoms with E-state index in [-0.39, 0.29) is 57.3 Å². The monoisotopic (exact) mass is 385 g/mol. The molecule has 8 nitrogen and oxygen atoms in total. The zero-order valence-corrected chi connectivity index (χ0v) is 16.7. The van der Waals surface area contributed by atoms with E-state index in [0.717, 1.165) is 0 Å². The topological polar surface area (TPSA) is 129 Å². The first kappa shape index (κ1) is 20.3. The van der Waals surface area contributed by atoms with Crippen molar-refractivity contribution in [2.75, 3.05) is 12.8 Å². The number of nitrogen functional groups attached to an aromatic ring is 1. The molecule has 0 aliphatic heterocycles. The third-order valence-corrected chi connectivity index (χ3v) is 3.77. The molecule has 0 radical (unpaired) electrons. The molecule has 0 amide bonds. The van der Waals surface area contributed by atoms with Gasteiger partial charge in [-0.3, -0.25) is 9.35 Å². The molecule has 130 valence electrons. The number of anilines is 1. The van der Waals surface area contributed by atoms with Gasteiger partial charge >= 0.3 is 45.9 Å². The van der Waals surface area contributed by atoms with Crippen LogP contribution in [-0.4, -0.2) is 20.1 Å². The summed E-state index contributed by atoms with van der Waals surface area (Å²) < 4.78 is 46.0. The molecule has 26 heavy (non-hydrogen) atoms. The van der Waals surface area contributed by atoms with Crippen LogP contribution < -0.4 is 49.6 Å². The van der Waals surface area contributed by atoms with Crippen molar-refractivity contribution < 1.29 is 55.9 Å². The van der Waals surface area contributed by atoms with Crippen molar-refractivity contribution in [3.8, 4) is 22.8 Å². The van der Waals surface area contributed by atoms with E-state index in [1.807, 2.05) is 0 Å². The maximum Gasteiger partial charge on any atom is 1.00 e.